The molecule has 1 unspecified atom stereocenters. The molecule has 2 aliphatic heterocycles. The molecule has 1 N–H and O–H groups in total. The number of sulfonamides is 1. The summed E-state index contributed by atoms with van der Waals surface area (Å²) in [6, 6.07) is 7.07. The average Bonchev–Trinajstić information content (AvgIpc) is 2.89. The van der Waals surface area contributed by atoms with E-state index < -0.39 is 22.1 Å². The third kappa shape index (κ3) is 3.78. The van der Waals surface area contributed by atoms with E-state index in [9.17, 15) is 23.2 Å². The van der Waals surface area contributed by atoms with Crippen molar-refractivity contribution in [3.8, 4) is 0 Å². The summed E-state index contributed by atoms with van der Waals surface area (Å²) in [6.07, 6.45) is 1.07. The van der Waals surface area contributed by atoms with Gasteiger partial charge >= 0.3 is 0 Å². The van der Waals surface area contributed by atoms with Crippen LogP contribution in [0, 0.1) is 5.92 Å². The van der Waals surface area contributed by atoms with Crippen LogP contribution in [0.15, 0.2) is 28.7 Å². The second-order valence-electron chi connectivity index (χ2n) is 6.57. The summed E-state index contributed by atoms with van der Waals surface area (Å²) in [7, 11) is -3.27. The van der Waals surface area contributed by atoms with Gasteiger partial charge in [0.15, 0.2) is 6.17 Å². The van der Waals surface area contributed by atoms with Gasteiger partial charge in [0.1, 0.15) is 6.54 Å². The summed E-state index contributed by atoms with van der Waals surface area (Å²) in [4.78, 5) is 26.3. The van der Waals surface area contributed by atoms with Gasteiger partial charge in [0.2, 0.25) is 15.9 Å². The van der Waals surface area contributed by atoms with Gasteiger partial charge in [0, 0.05) is 23.5 Å². The van der Waals surface area contributed by atoms with Crippen molar-refractivity contribution >= 4 is 37.8 Å². The van der Waals surface area contributed by atoms with Crippen LogP contribution >= 0.6 is 15.9 Å². The second kappa shape index (κ2) is 7.26. The summed E-state index contributed by atoms with van der Waals surface area (Å²) in [5, 5.41) is 10.7. The van der Waals surface area contributed by atoms with Gasteiger partial charge < -0.3 is 4.90 Å². The van der Waals surface area contributed by atoms with Crippen LogP contribution in [0.4, 0.5) is 0 Å². The molecular weight excluding hydrogens is 426 g/mol. The number of amides is 2. The van der Waals surface area contributed by atoms with E-state index in [2.05, 4.69) is 15.9 Å². The molecule has 142 valence electrons. The number of carbonyl (C=O) groups excluding carboxylic acids is 2. The number of carbonyl (C=O) groups is 2. The minimum absolute atomic E-state index is 0.196. The van der Waals surface area contributed by atoms with E-state index >= 15 is 0 Å². The Balaban J connectivity index is 1.78. The van der Waals surface area contributed by atoms with Crippen LogP contribution in [0.25, 0.3) is 0 Å². The van der Waals surface area contributed by atoms with Crippen molar-refractivity contribution in [2.75, 3.05) is 25.9 Å². The lowest BCUT2D eigenvalue weighted by Gasteiger charge is -2.33. The maximum atomic E-state index is 13.0. The topological polar surface area (TPSA) is 98.2 Å². The van der Waals surface area contributed by atoms with E-state index in [4.69, 9.17) is 0 Å². The van der Waals surface area contributed by atoms with Crippen molar-refractivity contribution in [3.63, 3.8) is 0 Å². The summed E-state index contributed by atoms with van der Waals surface area (Å²) < 4.78 is 25.4. The van der Waals surface area contributed by atoms with Crippen LogP contribution in [0.1, 0.15) is 24.6 Å². The van der Waals surface area contributed by atoms with Gasteiger partial charge in [-0.3, -0.25) is 14.8 Å². The molecule has 2 fully saturated rings. The zero-order valence-corrected chi connectivity index (χ0v) is 16.6. The first kappa shape index (κ1) is 19.3. The van der Waals surface area contributed by atoms with Gasteiger partial charge in [-0.1, -0.05) is 28.1 Å². The highest BCUT2D eigenvalue weighted by Gasteiger charge is 2.44. The van der Waals surface area contributed by atoms with Crippen molar-refractivity contribution in [1.82, 2.24) is 14.3 Å². The van der Waals surface area contributed by atoms with Gasteiger partial charge in [-0.15, -0.1) is 0 Å². The van der Waals surface area contributed by atoms with E-state index in [1.807, 2.05) is 6.07 Å². The maximum Gasteiger partial charge on any atom is 0.267 e. The molecule has 2 amide bonds. The first-order valence-electron chi connectivity index (χ1n) is 8.20. The Hall–Kier alpha value is -1.49. The van der Waals surface area contributed by atoms with Crippen LogP contribution in [-0.4, -0.2) is 65.6 Å². The average molecular weight is 446 g/mol. The molecule has 1 atom stereocenters. The predicted molar refractivity (Wildman–Crippen MR) is 96.4 cm³/mol. The second-order valence-corrected chi connectivity index (χ2v) is 9.47. The number of rotatable bonds is 3. The number of piperidine rings is 1. The van der Waals surface area contributed by atoms with Gasteiger partial charge in [-0.2, -0.15) is 5.06 Å². The Morgan fingerprint density at radius 1 is 1.27 bits per heavy atom. The van der Waals surface area contributed by atoms with Gasteiger partial charge in [0.05, 0.1) is 6.26 Å². The number of hydrogen-bond acceptors (Lipinski definition) is 5. The normalized spacial score (nSPS) is 22.9. The Morgan fingerprint density at radius 2 is 1.92 bits per heavy atom. The van der Waals surface area contributed by atoms with Crippen molar-refractivity contribution in [2.24, 2.45) is 5.92 Å². The maximum absolute atomic E-state index is 13.0. The zero-order valence-electron chi connectivity index (χ0n) is 14.2. The largest absolute Gasteiger partial charge is 0.306 e. The van der Waals surface area contributed by atoms with Gasteiger partial charge in [0.25, 0.3) is 5.91 Å². The fraction of sp³-hybridized carbons (Fsp3) is 0.500. The van der Waals surface area contributed by atoms with Crippen LogP contribution in [-0.2, 0) is 19.6 Å². The monoisotopic (exact) mass is 445 g/mol. The quantitative estimate of drug-likeness (QED) is 0.704. The molecule has 1 aromatic carbocycles. The highest BCUT2D eigenvalue weighted by Crippen LogP contribution is 2.33. The molecular formula is C16H20BrN3O5S. The van der Waals surface area contributed by atoms with E-state index in [0.717, 1.165) is 10.7 Å². The lowest BCUT2D eigenvalue weighted by molar-refractivity contribution is -0.173. The first-order valence-corrected chi connectivity index (χ1v) is 10.8. The highest BCUT2D eigenvalue weighted by atomic mass is 79.9. The smallest absolute Gasteiger partial charge is 0.267 e. The first-order chi connectivity index (χ1) is 12.2. The third-order valence-corrected chi connectivity index (χ3v) is 6.59. The lowest BCUT2D eigenvalue weighted by Crippen LogP contribution is -2.44. The number of hydroxylamine groups is 2. The molecule has 2 aliphatic rings. The molecule has 0 saturated carbocycles. The summed E-state index contributed by atoms with van der Waals surface area (Å²) in [6.45, 7) is 0.363. The molecule has 1 aromatic rings. The SMILES string of the molecule is CS(=O)(=O)N1CCC(C(=O)N2CC(=O)N(O)C2c2cccc(Br)c2)CC1. The number of benzene rings is 1. The van der Waals surface area contributed by atoms with Crippen molar-refractivity contribution in [3.05, 3.63) is 34.3 Å². The molecule has 2 heterocycles. The molecule has 26 heavy (non-hydrogen) atoms. The van der Waals surface area contributed by atoms with Crippen LogP contribution in [0.3, 0.4) is 0 Å². The van der Waals surface area contributed by atoms with Crippen LogP contribution in [0.5, 0.6) is 0 Å². The molecule has 8 nitrogen and oxygen atoms in total. The van der Waals surface area contributed by atoms with E-state index in [0.29, 0.717) is 23.5 Å². The number of halogens is 1. The van der Waals surface area contributed by atoms with Crippen molar-refractivity contribution in [2.45, 2.75) is 19.0 Å². The molecule has 0 aromatic heterocycles. The van der Waals surface area contributed by atoms with E-state index in [1.165, 1.54) is 9.21 Å². The Bertz CT molecular complexity index is 823. The van der Waals surface area contributed by atoms with E-state index in [1.54, 1.807) is 18.2 Å². The molecule has 10 heteroatoms. The van der Waals surface area contributed by atoms with Crippen LogP contribution in [0.2, 0.25) is 0 Å². The minimum Gasteiger partial charge on any atom is -0.306 e. The van der Waals surface area contributed by atoms with Gasteiger partial charge in [-0.25, -0.2) is 12.7 Å². The summed E-state index contributed by atoms with van der Waals surface area (Å²) >= 11 is 3.35. The number of hydrogen-bond donors (Lipinski definition) is 1. The molecule has 0 bridgehead atoms. The highest BCUT2D eigenvalue weighted by molar-refractivity contribution is 9.10. The van der Waals surface area contributed by atoms with E-state index in [-0.39, 0.29) is 31.5 Å². The van der Waals surface area contributed by atoms with Crippen molar-refractivity contribution < 1.29 is 23.2 Å². The molecule has 0 aliphatic carbocycles. The van der Waals surface area contributed by atoms with Crippen LogP contribution < -0.4 is 0 Å². The molecule has 2 saturated heterocycles. The summed E-state index contributed by atoms with van der Waals surface area (Å²) in [5.41, 5.74) is 0.620. The predicted octanol–water partition coefficient (Wildman–Crippen LogP) is 1.18. The molecule has 3 rings (SSSR count). The Kier molecular flexibility index (Phi) is 5.38. The van der Waals surface area contributed by atoms with Crippen molar-refractivity contribution in [1.29, 1.82) is 0 Å². The minimum atomic E-state index is -3.27. The third-order valence-electron chi connectivity index (χ3n) is 4.79. The fourth-order valence-electron chi connectivity index (χ4n) is 3.43. The molecule has 0 spiro atoms. The van der Waals surface area contributed by atoms with Gasteiger partial charge in [-0.05, 0) is 30.5 Å². The standard InChI is InChI=1S/C16H20BrN3O5S/c1-26(24,25)18-7-5-11(6-8-18)16(22)19-10-14(21)20(23)15(19)12-3-2-4-13(17)9-12/h2-4,9,11,15,23H,5-8,10H2,1H3. The zero-order chi connectivity index (χ0) is 19.1. The Morgan fingerprint density at radius 3 is 2.50 bits per heavy atom. The number of nitrogens with zero attached hydrogens (tertiary/aromatic N) is 3. The fourth-order valence-corrected chi connectivity index (χ4v) is 4.72. The molecule has 0 radical (unpaired) electrons. The lowest BCUT2D eigenvalue weighted by atomic mass is 9.96. The Labute approximate surface area is 160 Å². The summed E-state index contributed by atoms with van der Waals surface area (Å²) in [5.74, 6) is -1.16.